The molecule has 9 nitrogen and oxygen atoms in total. The number of rotatable bonds is 9. The summed E-state index contributed by atoms with van der Waals surface area (Å²) >= 11 is 0. The van der Waals surface area contributed by atoms with Gasteiger partial charge in [-0.2, -0.15) is 13.5 Å². The first-order valence-electron chi connectivity index (χ1n) is 8.71. The van der Waals surface area contributed by atoms with Crippen molar-refractivity contribution >= 4 is 27.8 Å². The number of alkyl halides is 2. The second-order valence-corrected chi connectivity index (χ2v) is 7.76. The van der Waals surface area contributed by atoms with Crippen LogP contribution in [-0.2, 0) is 24.3 Å². The number of imide groups is 1. The van der Waals surface area contributed by atoms with E-state index in [1.54, 1.807) is 6.07 Å². The Morgan fingerprint density at radius 3 is 2.19 bits per heavy atom. The number of ether oxygens (including phenoxy) is 2. The highest BCUT2D eigenvalue weighted by Crippen LogP contribution is 2.14. The van der Waals surface area contributed by atoms with Gasteiger partial charge >= 0.3 is 12.6 Å². The van der Waals surface area contributed by atoms with Gasteiger partial charge in [-0.15, -0.1) is 0 Å². The predicted molar refractivity (Wildman–Crippen MR) is 103 cm³/mol. The lowest BCUT2D eigenvalue weighted by atomic mass is 10.2. The van der Waals surface area contributed by atoms with Crippen LogP contribution >= 0.6 is 0 Å². The number of sulfonamides is 1. The second-order valence-electron chi connectivity index (χ2n) is 6.04. The van der Waals surface area contributed by atoms with Gasteiger partial charge in [-0.1, -0.05) is 18.2 Å². The molecule has 2 aromatic carbocycles. The topological polar surface area (TPSA) is 128 Å². The monoisotopic (exact) mass is 456 g/mol. The standard InChI is InChI=1S/C19H18F2N2O7S/c1-12(23-31(27,28)15-5-3-2-4-6-15)18(26)29-11-16(24)22-17(25)13-7-9-14(10-8-13)30-19(20)21/h2-10,12,19,23H,11H2,1H3,(H,22,24,25). The average molecular weight is 456 g/mol. The van der Waals surface area contributed by atoms with Crippen LogP contribution in [0, 0.1) is 0 Å². The fraction of sp³-hybridized carbons (Fsp3) is 0.211. The highest BCUT2D eigenvalue weighted by atomic mass is 32.2. The van der Waals surface area contributed by atoms with Crippen LogP contribution in [0.25, 0.3) is 0 Å². The van der Waals surface area contributed by atoms with Crippen LogP contribution in [0.15, 0.2) is 59.5 Å². The van der Waals surface area contributed by atoms with E-state index in [4.69, 9.17) is 4.74 Å². The predicted octanol–water partition coefficient (Wildman–Crippen LogP) is 1.45. The summed E-state index contributed by atoms with van der Waals surface area (Å²) in [6.45, 7) is -2.63. The normalized spacial score (nSPS) is 12.1. The largest absolute Gasteiger partial charge is 0.454 e. The fourth-order valence-corrected chi connectivity index (χ4v) is 3.45. The van der Waals surface area contributed by atoms with Gasteiger partial charge in [0, 0.05) is 5.56 Å². The summed E-state index contributed by atoms with van der Waals surface area (Å²) in [4.78, 5) is 35.7. The fourth-order valence-electron chi connectivity index (χ4n) is 2.23. The number of benzene rings is 2. The van der Waals surface area contributed by atoms with Gasteiger partial charge in [-0.25, -0.2) is 8.42 Å². The van der Waals surface area contributed by atoms with Crippen molar-refractivity contribution in [3.8, 4) is 5.75 Å². The van der Waals surface area contributed by atoms with Crippen molar-refractivity contribution in [1.82, 2.24) is 10.0 Å². The maximum absolute atomic E-state index is 12.2. The van der Waals surface area contributed by atoms with Crippen molar-refractivity contribution in [2.75, 3.05) is 6.61 Å². The van der Waals surface area contributed by atoms with Crippen molar-refractivity contribution in [1.29, 1.82) is 0 Å². The molecule has 2 amide bonds. The molecule has 12 heteroatoms. The van der Waals surface area contributed by atoms with Gasteiger partial charge in [0.25, 0.3) is 11.8 Å². The molecule has 1 unspecified atom stereocenters. The summed E-state index contributed by atoms with van der Waals surface area (Å²) < 4.78 is 59.5. The summed E-state index contributed by atoms with van der Waals surface area (Å²) in [6.07, 6.45) is 0. The van der Waals surface area contributed by atoms with E-state index in [0.29, 0.717) is 0 Å². The van der Waals surface area contributed by atoms with Crippen molar-refractivity contribution < 1.29 is 41.1 Å². The van der Waals surface area contributed by atoms with Gasteiger partial charge in [0.15, 0.2) is 6.61 Å². The lowest BCUT2D eigenvalue weighted by Crippen LogP contribution is -2.41. The first-order valence-corrected chi connectivity index (χ1v) is 10.2. The zero-order chi connectivity index (χ0) is 23.0. The molecule has 0 bridgehead atoms. The molecule has 0 saturated carbocycles. The smallest absolute Gasteiger partial charge is 0.387 e. The van der Waals surface area contributed by atoms with Crippen LogP contribution in [-0.4, -0.2) is 45.5 Å². The van der Waals surface area contributed by atoms with Crippen molar-refractivity contribution in [2.45, 2.75) is 24.5 Å². The minimum Gasteiger partial charge on any atom is -0.454 e. The Labute approximate surface area is 176 Å². The Morgan fingerprint density at radius 2 is 1.61 bits per heavy atom. The third kappa shape index (κ3) is 7.42. The summed E-state index contributed by atoms with van der Waals surface area (Å²) in [5, 5.41) is 1.94. The van der Waals surface area contributed by atoms with Crippen LogP contribution in [0.5, 0.6) is 5.75 Å². The number of esters is 1. The Kier molecular flexibility index (Phi) is 8.16. The molecule has 1 atom stereocenters. The van der Waals surface area contributed by atoms with E-state index in [2.05, 4.69) is 9.46 Å². The number of carbonyl (C=O) groups excluding carboxylic acids is 3. The molecule has 0 spiro atoms. The van der Waals surface area contributed by atoms with E-state index in [9.17, 15) is 31.6 Å². The number of hydrogen-bond donors (Lipinski definition) is 2. The molecule has 0 aromatic heterocycles. The first-order chi connectivity index (χ1) is 14.6. The molecule has 2 N–H and O–H groups in total. The molecular weight excluding hydrogens is 438 g/mol. The molecule has 166 valence electrons. The maximum atomic E-state index is 12.2. The molecule has 0 fully saturated rings. The summed E-state index contributed by atoms with van der Waals surface area (Å²) in [5.41, 5.74) is -0.0229. The molecular formula is C19H18F2N2O7S. The number of halogens is 2. The molecule has 31 heavy (non-hydrogen) atoms. The number of carbonyl (C=O) groups is 3. The molecule has 0 heterocycles. The second kappa shape index (κ2) is 10.6. The highest BCUT2D eigenvalue weighted by molar-refractivity contribution is 7.89. The Hall–Kier alpha value is -3.38. The van der Waals surface area contributed by atoms with Crippen molar-refractivity contribution in [2.24, 2.45) is 0 Å². The Bertz CT molecular complexity index is 1030. The molecule has 0 aliphatic heterocycles. The van der Waals surface area contributed by atoms with Gasteiger partial charge < -0.3 is 9.47 Å². The maximum Gasteiger partial charge on any atom is 0.387 e. The van der Waals surface area contributed by atoms with Gasteiger partial charge in [-0.05, 0) is 43.3 Å². The van der Waals surface area contributed by atoms with E-state index in [-0.39, 0.29) is 16.2 Å². The first kappa shape index (κ1) is 23.9. The quantitative estimate of drug-likeness (QED) is 0.547. The van der Waals surface area contributed by atoms with E-state index in [1.807, 2.05) is 5.32 Å². The number of amides is 2. The zero-order valence-corrected chi connectivity index (χ0v) is 16.9. The molecule has 0 aliphatic rings. The lowest BCUT2D eigenvalue weighted by Gasteiger charge is -2.13. The molecule has 2 rings (SSSR count). The van der Waals surface area contributed by atoms with Crippen LogP contribution in [0.1, 0.15) is 17.3 Å². The van der Waals surface area contributed by atoms with Crippen LogP contribution in [0.4, 0.5) is 8.78 Å². The van der Waals surface area contributed by atoms with E-state index < -0.39 is 47.1 Å². The average Bonchev–Trinajstić information content (AvgIpc) is 2.72. The zero-order valence-electron chi connectivity index (χ0n) is 16.1. The van der Waals surface area contributed by atoms with E-state index >= 15 is 0 Å². The SMILES string of the molecule is CC(NS(=O)(=O)c1ccccc1)C(=O)OCC(=O)NC(=O)c1ccc(OC(F)F)cc1. The minimum atomic E-state index is -3.97. The van der Waals surface area contributed by atoms with Crippen LogP contribution in [0.2, 0.25) is 0 Å². The summed E-state index contributed by atoms with van der Waals surface area (Å²) in [6, 6.07) is 10.6. The van der Waals surface area contributed by atoms with E-state index in [0.717, 1.165) is 24.3 Å². The van der Waals surface area contributed by atoms with Gasteiger partial charge in [0.05, 0.1) is 4.90 Å². The Balaban J connectivity index is 1.83. The lowest BCUT2D eigenvalue weighted by molar-refractivity contribution is -0.149. The highest BCUT2D eigenvalue weighted by Gasteiger charge is 2.24. The number of hydrogen-bond acceptors (Lipinski definition) is 7. The van der Waals surface area contributed by atoms with Gasteiger partial charge in [-0.3, -0.25) is 19.7 Å². The van der Waals surface area contributed by atoms with Crippen LogP contribution < -0.4 is 14.8 Å². The van der Waals surface area contributed by atoms with Crippen molar-refractivity contribution in [3.63, 3.8) is 0 Å². The van der Waals surface area contributed by atoms with Crippen LogP contribution in [0.3, 0.4) is 0 Å². The summed E-state index contributed by atoms with van der Waals surface area (Å²) in [5.74, 6) is -3.03. The Morgan fingerprint density at radius 1 is 1.00 bits per heavy atom. The third-order valence-corrected chi connectivity index (χ3v) is 5.24. The van der Waals surface area contributed by atoms with Crippen molar-refractivity contribution in [3.05, 3.63) is 60.2 Å². The minimum absolute atomic E-state index is 0.0229. The molecule has 0 radical (unpaired) electrons. The molecule has 2 aromatic rings. The van der Waals surface area contributed by atoms with E-state index in [1.165, 1.54) is 31.2 Å². The number of nitrogens with one attached hydrogen (secondary N) is 2. The molecule has 0 saturated heterocycles. The molecule has 0 aliphatic carbocycles. The van der Waals surface area contributed by atoms with Gasteiger partial charge in [0.2, 0.25) is 10.0 Å². The third-order valence-electron chi connectivity index (χ3n) is 3.68. The van der Waals surface area contributed by atoms with Gasteiger partial charge in [0.1, 0.15) is 11.8 Å². The summed E-state index contributed by atoms with van der Waals surface area (Å²) in [7, 11) is -3.97.